The minimum absolute atomic E-state index is 0.0975. The molecule has 4 rings (SSSR count). The van der Waals surface area contributed by atoms with Gasteiger partial charge in [-0.3, -0.25) is 9.78 Å². The van der Waals surface area contributed by atoms with Gasteiger partial charge in [-0.15, -0.1) is 0 Å². The Morgan fingerprint density at radius 1 is 1.21 bits per heavy atom. The number of benzene rings is 1. The fourth-order valence-corrected chi connectivity index (χ4v) is 5.19. The molecule has 0 saturated carbocycles. The van der Waals surface area contributed by atoms with Gasteiger partial charge in [0.05, 0.1) is 17.8 Å². The third-order valence-electron chi connectivity index (χ3n) is 6.26. The first-order valence-corrected chi connectivity index (χ1v) is 11.9. The van der Waals surface area contributed by atoms with E-state index in [2.05, 4.69) is 58.8 Å². The predicted molar refractivity (Wildman–Crippen MR) is 136 cm³/mol. The van der Waals surface area contributed by atoms with E-state index >= 15 is 0 Å². The number of aromatic nitrogens is 2. The van der Waals surface area contributed by atoms with Crippen LogP contribution in [0.5, 0.6) is 0 Å². The maximum absolute atomic E-state index is 13.2. The summed E-state index contributed by atoms with van der Waals surface area (Å²) in [5, 5.41) is 6.88. The Morgan fingerprint density at radius 2 is 1.94 bits per heavy atom. The number of nitrogens with one attached hydrogen (secondary N) is 2. The first kappa shape index (κ1) is 23.9. The molecule has 2 N–H and O–H groups in total. The van der Waals surface area contributed by atoms with E-state index < -0.39 is 0 Å². The largest absolute Gasteiger partial charge is 0.352 e. The van der Waals surface area contributed by atoms with E-state index in [0.29, 0.717) is 23.4 Å². The Kier molecular flexibility index (Phi) is 6.97. The van der Waals surface area contributed by atoms with Gasteiger partial charge < -0.3 is 20.1 Å². The summed E-state index contributed by atoms with van der Waals surface area (Å²) in [7, 11) is 0. The summed E-state index contributed by atoms with van der Waals surface area (Å²) in [6, 6.07) is 13.9. The molecule has 1 aromatic carbocycles. The quantitative estimate of drug-likeness (QED) is 0.455. The van der Waals surface area contributed by atoms with Crippen molar-refractivity contribution >= 4 is 28.9 Å². The SMILES string of the molecule is Cc1cc(C2C(c3ccccn3)NC(=S)N2CCC(=O)Nc2ccc(F)cc2)c(C)n1C(C)C. The minimum atomic E-state index is -0.339. The molecule has 0 bridgehead atoms. The van der Waals surface area contributed by atoms with Crippen molar-refractivity contribution < 1.29 is 9.18 Å². The molecule has 1 saturated heterocycles. The number of carbonyl (C=O) groups is 1. The van der Waals surface area contributed by atoms with Gasteiger partial charge in [-0.05, 0) is 87.9 Å². The van der Waals surface area contributed by atoms with E-state index in [1.54, 1.807) is 18.3 Å². The number of hydrogen-bond acceptors (Lipinski definition) is 3. The average molecular weight is 480 g/mol. The summed E-state index contributed by atoms with van der Waals surface area (Å²) >= 11 is 5.73. The lowest BCUT2D eigenvalue weighted by atomic mass is 9.96. The van der Waals surface area contributed by atoms with Gasteiger partial charge in [0.2, 0.25) is 5.91 Å². The van der Waals surface area contributed by atoms with Crippen molar-refractivity contribution in [3.05, 3.63) is 83.2 Å². The van der Waals surface area contributed by atoms with Crippen molar-refractivity contribution in [1.82, 2.24) is 19.8 Å². The molecule has 1 aliphatic rings. The standard InChI is InChI=1S/C26H30FN5OS/c1-16(2)32-17(3)15-21(18(32)4)25-24(22-7-5-6-13-28-22)30-26(34)31(25)14-12-23(33)29-20-10-8-19(27)9-11-20/h5-11,13,15-16,24-25H,12,14H2,1-4H3,(H,29,33)(H,30,34). The molecule has 1 aliphatic heterocycles. The van der Waals surface area contributed by atoms with E-state index in [0.717, 1.165) is 5.69 Å². The zero-order chi connectivity index (χ0) is 24.4. The highest BCUT2D eigenvalue weighted by Crippen LogP contribution is 2.41. The Labute approximate surface area is 205 Å². The van der Waals surface area contributed by atoms with Crippen LogP contribution < -0.4 is 10.6 Å². The average Bonchev–Trinajstić information content (AvgIpc) is 3.29. The predicted octanol–water partition coefficient (Wildman–Crippen LogP) is 5.22. The molecule has 2 atom stereocenters. The number of pyridine rings is 1. The molecule has 178 valence electrons. The topological polar surface area (TPSA) is 62.2 Å². The van der Waals surface area contributed by atoms with E-state index in [4.69, 9.17) is 12.2 Å². The van der Waals surface area contributed by atoms with Gasteiger partial charge in [-0.25, -0.2) is 4.39 Å². The second kappa shape index (κ2) is 9.93. The molecular formula is C26H30FN5OS. The van der Waals surface area contributed by atoms with Crippen LogP contribution in [0.1, 0.15) is 61.0 Å². The highest BCUT2D eigenvalue weighted by molar-refractivity contribution is 7.80. The maximum atomic E-state index is 13.2. The van der Waals surface area contributed by atoms with Gasteiger partial charge in [0.25, 0.3) is 0 Å². The lowest BCUT2D eigenvalue weighted by Crippen LogP contribution is -2.33. The van der Waals surface area contributed by atoms with E-state index in [1.807, 2.05) is 18.2 Å². The second-order valence-corrected chi connectivity index (χ2v) is 9.30. The smallest absolute Gasteiger partial charge is 0.226 e. The molecule has 1 fully saturated rings. The van der Waals surface area contributed by atoms with Gasteiger partial charge in [0.1, 0.15) is 5.82 Å². The second-order valence-electron chi connectivity index (χ2n) is 8.92. The van der Waals surface area contributed by atoms with Gasteiger partial charge in [0, 0.05) is 42.3 Å². The van der Waals surface area contributed by atoms with Crippen LogP contribution in [0.15, 0.2) is 54.7 Å². The summed E-state index contributed by atoms with van der Waals surface area (Å²) < 4.78 is 15.5. The van der Waals surface area contributed by atoms with E-state index in [1.165, 1.54) is 29.1 Å². The normalized spacial score (nSPS) is 17.8. The summed E-state index contributed by atoms with van der Waals surface area (Å²) in [6.07, 6.45) is 2.03. The summed E-state index contributed by atoms with van der Waals surface area (Å²) in [5.74, 6) is -0.490. The van der Waals surface area contributed by atoms with Gasteiger partial charge in [-0.1, -0.05) is 6.07 Å². The Morgan fingerprint density at radius 3 is 2.56 bits per heavy atom. The fourth-order valence-electron chi connectivity index (χ4n) is 4.86. The van der Waals surface area contributed by atoms with Crippen molar-refractivity contribution in [1.29, 1.82) is 0 Å². The molecular weight excluding hydrogens is 449 g/mol. The molecule has 3 aromatic rings. The number of aryl methyl sites for hydroxylation is 1. The molecule has 6 nitrogen and oxygen atoms in total. The Balaban J connectivity index is 1.61. The molecule has 1 amide bonds. The lowest BCUT2D eigenvalue weighted by Gasteiger charge is -2.28. The summed E-state index contributed by atoms with van der Waals surface area (Å²) in [4.78, 5) is 19.3. The Bertz CT molecular complexity index is 1180. The van der Waals surface area contributed by atoms with Crippen LogP contribution in [0.4, 0.5) is 10.1 Å². The third-order valence-corrected chi connectivity index (χ3v) is 6.62. The molecule has 2 unspecified atom stereocenters. The number of carbonyl (C=O) groups excluding carboxylic acids is 1. The van der Waals surface area contributed by atoms with Gasteiger partial charge in [-0.2, -0.15) is 0 Å². The maximum Gasteiger partial charge on any atom is 0.226 e. The number of nitrogens with zero attached hydrogens (tertiary/aromatic N) is 3. The summed E-state index contributed by atoms with van der Waals surface area (Å²) in [5.41, 5.74) is 5.02. The lowest BCUT2D eigenvalue weighted by molar-refractivity contribution is -0.116. The third kappa shape index (κ3) is 4.82. The molecule has 0 aliphatic carbocycles. The number of rotatable bonds is 7. The molecule has 0 radical (unpaired) electrons. The van der Waals surface area contributed by atoms with Crippen molar-refractivity contribution in [3.63, 3.8) is 0 Å². The Hall–Kier alpha value is -3.26. The van der Waals surface area contributed by atoms with Crippen molar-refractivity contribution in [2.24, 2.45) is 0 Å². The van der Waals surface area contributed by atoms with Crippen LogP contribution in [0.3, 0.4) is 0 Å². The number of amides is 1. The molecule has 34 heavy (non-hydrogen) atoms. The number of anilines is 1. The molecule has 0 spiro atoms. The first-order valence-electron chi connectivity index (χ1n) is 11.5. The van der Waals surface area contributed by atoms with Crippen LogP contribution in [0.25, 0.3) is 0 Å². The van der Waals surface area contributed by atoms with Crippen LogP contribution in [0.2, 0.25) is 0 Å². The fraction of sp³-hybridized carbons (Fsp3) is 0.346. The van der Waals surface area contributed by atoms with Crippen molar-refractivity contribution in [2.45, 2.75) is 52.2 Å². The monoisotopic (exact) mass is 479 g/mol. The van der Waals surface area contributed by atoms with E-state index in [-0.39, 0.29) is 30.2 Å². The number of halogens is 1. The number of hydrogen-bond donors (Lipinski definition) is 2. The van der Waals surface area contributed by atoms with E-state index in [9.17, 15) is 9.18 Å². The van der Waals surface area contributed by atoms with Gasteiger partial charge in [0.15, 0.2) is 5.11 Å². The molecule has 8 heteroatoms. The van der Waals surface area contributed by atoms with Crippen LogP contribution in [0, 0.1) is 19.7 Å². The first-order chi connectivity index (χ1) is 16.3. The molecule has 3 heterocycles. The number of thiocarbonyl (C=S) groups is 1. The minimum Gasteiger partial charge on any atom is -0.352 e. The highest BCUT2D eigenvalue weighted by atomic mass is 32.1. The zero-order valence-corrected chi connectivity index (χ0v) is 20.7. The highest BCUT2D eigenvalue weighted by Gasteiger charge is 2.41. The summed E-state index contributed by atoms with van der Waals surface area (Å²) in [6.45, 7) is 9.05. The van der Waals surface area contributed by atoms with Crippen LogP contribution in [-0.4, -0.2) is 32.0 Å². The van der Waals surface area contributed by atoms with Crippen LogP contribution in [-0.2, 0) is 4.79 Å². The van der Waals surface area contributed by atoms with Gasteiger partial charge >= 0.3 is 0 Å². The zero-order valence-electron chi connectivity index (χ0n) is 19.9. The van der Waals surface area contributed by atoms with Crippen molar-refractivity contribution in [2.75, 3.05) is 11.9 Å². The van der Waals surface area contributed by atoms with Crippen molar-refractivity contribution in [3.8, 4) is 0 Å². The van der Waals surface area contributed by atoms with Crippen LogP contribution >= 0.6 is 12.2 Å². The molecule has 2 aromatic heterocycles.